The van der Waals surface area contributed by atoms with Gasteiger partial charge < -0.3 is 9.47 Å². The fourth-order valence-corrected chi connectivity index (χ4v) is 2.02. The Kier molecular flexibility index (Phi) is 2.42. The lowest BCUT2D eigenvalue weighted by Crippen LogP contribution is -2.40. The molecular formula is C15H11NO2. The van der Waals surface area contributed by atoms with E-state index in [2.05, 4.69) is 6.07 Å². The van der Waals surface area contributed by atoms with Gasteiger partial charge in [-0.25, -0.2) is 0 Å². The minimum absolute atomic E-state index is 0.199. The molecule has 0 saturated heterocycles. The number of fused-ring (bicyclic) bond motifs is 1. The quantitative estimate of drug-likeness (QED) is 0.765. The Morgan fingerprint density at radius 1 is 0.944 bits per heavy atom. The summed E-state index contributed by atoms with van der Waals surface area (Å²) in [5, 5.41) is 9.47. The Bertz CT molecular complexity index is 603. The van der Waals surface area contributed by atoms with Gasteiger partial charge in [-0.05, 0) is 12.1 Å². The Hall–Kier alpha value is -2.47. The van der Waals surface area contributed by atoms with E-state index < -0.39 is 5.60 Å². The van der Waals surface area contributed by atoms with Gasteiger partial charge >= 0.3 is 0 Å². The molecule has 0 spiro atoms. The lowest BCUT2D eigenvalue weighted by molar-refractivity contribution is 0.0331. The number of nitriles is 1. The molecule has 2 aromatic carbocycles. The summed E-state index contributed by atoms with van der Waals surface area (Å²) in [5.74, 6) is 1.29. The molecule has 0 radical (unpaired) electrons. The number of ether oxygens (including phenoxy) is 2. The molecule has 3 nitrogen and oxygen atoms in total. The zero-order chi connectivity index (χ0) is 12.4. The monoisotopic (exact) mass is 237 g/mol. The minimum atomic E-state index is -1.06. The largest absolute Gasteiger partial charge is 0.484 e. The van der Waals surface area contributed by atoms with Crippen molar-refractivity contribution in [2.45, 2.75) is 5.60 Å². The highest BCUT2D eigenvalue weighted by Gasteiger charge is 2.39. The van der Waals surface area contributed by atoms with Crippen molar-refractivity contribution in [2.24, 2.45) is 0 Å². The predicted molar refractivity (Wildman–Crippen MR) is 66.3 cm³/mol. The third kappa shape index (κ3) is 1.59. The van der Waals surface area contributed by atoms with E-state index in [9.17, 15) is 5.26 Å². The molecule has 18 heavy (non-hydrogen) atoms. The molecular weight excluding hydrogens is 226 g/mol. The number of para-hydroxylation sites is 2. The maximum Gasteiger partial charge on any atom is 0.253 e. The summed E-state index contributed by atoms with van der Waals surface area (Å²) >= 11 is 0. The van der Waals surface area contributed by atoms with E-state index in [0.29, 0.717) is 11.5 Å². The molecule has 3 heteroatoms. The van der Waals surface area contributed by atoms with E-state index in [-0.39, 0.29) is 6.61 Å². The second-order valence-electron chi connectivity index (χ2n) is 4.14. The molecule has 0 aliphatic carbocycles. The zero-order valence-electron chi connectivity index (χ0n) is 9.67. The second-order valence-corrected chi connectivity index (χ2v) is 4.14. The summed E-state index contributed by atoms with van der Waals surface area (Å²) < 4.78 is 11.5. The maximum atomic E-state index is 9.47. The molecule has 0 bridgehead atoms. The van der Waals surface area contributed by atoms with Gasteiger partial charge in [0.2, 0.25) is 0 Å². The average Bonchev–Trinajstić information content (AvgIpc) is 2.47. The number of rotatable bonds is 1. The van der Waals surface area contributed by atoms with Crippen molar-refractivity contribution in [1.82, 2.24) is 0 Å². The standard InChI is InChI=1S/C15H11NO2/c16-10-15(12-6-2-1-3-7-12)11-17-13-8-4-5-9-14(13)18-15/h1-9H,11H2. The first-order valence-corrected chi connectivity index (χ1v) is 5.72. The summed E-state index contributed by atoms with van der Waals surface area (Å²) in [6, 6.07) is 19.0. The topological polar surface area (TPSA) is 42.2 Å². The highest BCUT2D eigenvalue weighted by Crippen LogP contribution is 2.39. The van der Waals surface area contributed by atoms with E-state index in [1.807, 2.05) is 54.6 Å². The van der Waals surface area contributed by atoms with Crippen molar-refractivity contribution < 1.29 is 9.47 Å². The first-order valence-electron chi connectivity index (χ1n) is 5.72. The Labute approximate surface area is 105 Å². The van der Waals surface area contributed by atoms with Crippen molar-refractivity contribution in [3.63, 3.8) is 0 Å². The van der Waals surface area contributed by atoms with Crippen LogP contribution in [0.25, 0.3) is 0 Å². The number of hydrogen-bond donors (Lipinski definition) is 0. The first kappa shape index (κ1) is 10.7. The van der Waals surface area contributed by atoms with Crippen LogP contribution in [0.15, 0.2) is 54.6 Å². The van der Waals surface area contributed by atoms with E-state index in [4.69, 9.17) is 9.47 Å². The van der Waals surface area contributed by atoms with Crippen LogP contribution in [0.4, 0.5) is 0 Å². The molecule has 0 N–H and O–H groups in total. The molecule has 0 fully saturated rings. The number of benzene rings is 2. The van der Waals surface area contributed by atoms with Crippen molar-refractivity contribution in [1.29, 1.82) is 5.26 Å². The number of hydrogen-bond acceptors (Lipinski definition) is 3. The Morgan fingerprint density at radius 3 is 2.33 bits per heavy atom. The highest BCUT2D eigenvalue weighted by atomic mass is 16.6. The van der Waals surface area contributed by atoms with Gasteiger partial charge in [0.15, 0.2) is 11.5 Å². The second kappa shape index (κ2) is 4.08. The van der Waals surface area contributed by atoms with Crippen LogP contribution >= 0.6 is 0 Å². The molecule has 88 valence electrons. The fourth-order valence-electron chi connectivity index (χ4n) is 2.02. The van der Waals surface area contributed by atoms with Crippen LogP contribution in [0.2, 0.25) is 0 Å². The van der Waals surface area contributed by atoms with Crippen LogP contribution < -0.4 is 9.47 Å². The number of nitrogens with zero attached hydrogens (tertiary/aromatic N) is 1. The first-order chi connectivity index (χ1) is 8.84. The SMILES string of the molecule is N#CC1(c2ccccc2)COc2ccccc2O1. The van der Waals surface area contributed by atoms with Crippen LogP contribution in [0.3, 0.4) is 0 Å². The van der Waals surface area contributed by atoms with Crippen molar-refractivity contribution >= 4 is 0 Å². The van der Waals surface area contributed by atoms with Crippen LogP contribution in [0.1, 0.15) is 5.56 Å². The summed E-state index contributed by atoms with van der Waals surface area (Å²) in [4.78, 5) is 0. The van der Waals surface area contributed by atoms with Crippen LogP contribution in [0, 0.1) is 11.3 Å². The van der Waals surface area contributed by atoms with E-state index in [0.717, 1.165) is 5.56 Å². The Balaban J connectivity index is 2.05. The molecule has 1 atom stereocenters. The molecule has 1 unspecified atom stereocenters. The van der Waals surface area contributed by atoms with Gasteiger partial charge in [0, 0.05) is 5.56 Å². The summed E-state index contributed by atoms with van der Waals surface area (Å²) in [6.07, 6.45) is 0. The predicted octanol–water partition coefficient (Wildman–Crippen LogP) is 2.88. The smallest absolute Gasteiger partial charge is 0.253 e. The van der Waals surface area contributed by atoms with Crippen molar-refractivity contribution in [2.75, 3.05) is 6.61 Å². The third-order valence-electron chi connectivity index (χ3n) is 2.98. The van der Waals surface area contributed by atoms with Crippen LogP contribution in [-0.4, -0.2) is 6.61 Å². The molecule has 1 aliphatic rings. The Morgan fingerprint density at radius 2 is 1.61 bits per heavy atom. The van der Waals surface area contributed by atoms with Gasteiger partial charge in [0.05, 0.1) is 0 Å². The molecule has 0 saturated carbocycles. The molecule has 1 aliphatic heterocycles. The lowest BCUT2D eigenvalue weighted by atomic mass is 9.95. The molecule has 0 amide bonds. The summed E-state index contributed by atoms with van der Waals surface area (Å²) in [7, 11) is 0. The summed E-state index contributed by atoms with van der Waals surface area (Å²) in [6.45, 7) is 0.199. The third-order valence-corrected chi connectivity index (χ3v) is 2.98. The average molecular weight is 237 g/mol. The van der Waals surface area contributed by atoms with E-state index in [1.54, 1.807) is 0 Å². The van der Waals surface area contributed by atoms with Gasteiger partial charge in [0.1, 0.15) is 12.7 Å². The minimum Gasteiger partial charge on any atom is -0.484 e. The van der Waals surface area contributed by atoms with Gasteiger partial charge in [0.25, 0.3) is 5.60 Å². The van der Waals surface area contributed by atoms with Crippen molar-refractivity contribution in [3.8, 4) is 17.6 Å². The normalized spacial score (nSPS) is 21.1. The summed E-state index contributed by atoms with van der Waals surface area (Å²) in [5.41, 5.74) is -0.252. The van der Waals surface area contributed by atoms with Crippen LogP contribution in [-0.2, 0) is 5.60 Å². The highest BCUT2D eigenvalue weighted by molar-refractivity contribution is 5.44. The zero-order valence-corrected chi connectivity index (χ0v) is 9.67. The van der Waals surface area contributed by atoms with Gasteiger partial charge in [-0.1, -0.05) is 42.5 Å². The van der Waals surface area contributed by atoms with E-state index >= 15 is 0 Å². The van der Waals surface area contributed by atoms with Gasteiger partial charge in [-0.3, -0.25) is 0 Å². The molecule has 3 rings (SSSR count). The molecule has 1 heterocycles. The van der Waals surface area contributed by atoms with Gasteiger partial charge in [-0.15, -0.1) is 0 Å². The fraction of sp³-hybridized carbons (Fsp3) is 0.133. The maximum absolute atomic E-state index is 9.47. The van der Waals surface area contributed by atoms with E-state index in [1.165, 1.54) is 0 Å². The van der Waals surface area contributed by atoms with Gasteiger partial charge in [-0.2, -0.15) is 5.26 Å². The molecule has 0 aromatic heterocycles. The van der Waals surface area contributed by atoms with Crippen LogP contribution in [0.5, 0.6) is 11.5 Å². The van der Waals surface area contributed by atoms with Crippen molar-refractivity contribution in [3.05, 3.63) is 60.2 Å². The molecule has 2 aromatic rings. The lowest BCUT2D eigenvalue weighted by Gasteiger charge is -2.33.